The number of nitrogens with one attached hydrogen (secondary N) is 1. The fourth-order valence-corrected chi connectivity index (χ4v) is 1.93. The second-order valence-electron chi connectivity index (χ2n) is 4.77. The van der Waals surface area contributed by atoms with E-state index in [4.69, 9.17) is 0 Å². The number of nitrogens with zero attached hydrogens (tertiary/aromatic N) is 1. The zero-order valence-corrected chi connectivity index (χ0v) is 10.8. The van der Waals surface area contributed by atoms with Crippen molar-refractivity contribution in [2.45, 2.75) is 39.2 Å². The Kier molecular flexibility index (Phi) is 3.32. The average molecular weight is 228 g/mol. The lowest BCUT2D eigenvalue weighted by Crippen LogP contribution is -2.33. The van der Waals surface area contributed by atoms with Crippen LogP contribution in [0.2, 0.25) is 0 Å². The highest BCUT2D eigenvalue weighted by Gasteiger charge is 2.20. The third kappa shape index (κ3) is 2.41. The van der Waals surface area contributed by atoms with Crippen LogP contribution in [-0.4, -0.2) is 10.5 Å². The SMILES string of the molecule is CCC(C)(CC)Nc1nccc2ccccc12. The molecule has 2 nitrogen and oxygen atoms in total. The number of hydrogen-bond donors (Lipinski definition) is 1. The Bertz CT molecular complexity index is 496. The molecule has 0 fully saturated rings. The summed E-state index contributed by atoms with van der Waals surface area (Å²) < 4.78 is 0. The van der Waals surface area contributed by atoms with Gasteiger partial charge in [-0.15, -0.1) is 0 Å². The molecule has 1 N–H and O–H groups in total. The van der Waals surface area contributed by atoms with Crippen LogP contribution in [-0.2, 0) is 0 Å². The Morgan fingerprint density at radius 1 is 1.12 bits per heavy atom. The third-order valence-corrected chi connectivity index (χ3v) is 3.65. The summed E-state index contributed by atoms with van der Waals surface area (Å²) in [5.74, 6) is 0.995. The summed E-state index contributed by atoms with van der Waals surface area (Å²) in [6.45, 7) is 6.67. The van der Waals surface area contributed by atoms with E-state index >= 15 is 0 Å². The van der Waals surface area contributed by atoms with Crippen LogP contribution in [0.25, 0.3) is 10.8 Å². The van der Waals surface area contributed by atoms with Crippen molar-refractivity contribution in [1.82, 2.24) is 4.98 Å². The van der Waals surface area contributed by atoms with Crippen molar-refractivity contribution < 1.29 is 0 Å². The molecule has 0 saturated heterocycles. The molecule has 0 spiro atoms. The molecule has 0 aliphatic heterocycles. The van der Waals surface area contributed by atoms with Gasteiger partial charge in [-0.25, -0.2) is 4.98 Å². The fourth-order valence-electron chi connectivity index (χ4n) is 1.93. The monoisotopic (exact) mass is 228 g/mol. The number of rotatable bonds is 4. The predicted octanol–water partition coefficient (Wildman–Crippen LogP) is 4.23. The molecule has 0 unspecified atom stereocenters. The standard InChI is InChI=1S/C15H20N2/c1-4-15(3,5-2)17-14-13-9-7-6-8-12(13)10-11-16-14/h6-11H,4-5H2,1-3H3,(H,16,17). The Labute approximate surface area is 103 Å². The summed E-state index contributed by atoms with van der Waals surface area (Å²) in [6.07, 6.45) is 4.05. The summed E-state index contributed by atoms with van der Waals surface area (Å²) >= 11 is 0. The molecule has 0 bridgehead atoms. The number of fused-ring (bicyclic) bond motifs is 1. The molecular weight excluding hydrogens is 208 g/mol. The molecular formula is C15H20N2. The summed E-state index contributed by atoms with van der Waals surface area (Å²) in [6, 6.07) is 10.4. The van der Waals surface area contributed by atoms with E-state index in [1.807, 2.05) is 6.20 Å². The Morgan fingerprint density at radius 2 is 1.82 bits per heavy atom. The zero-order chi connectivity index (χ0) is 12.3. The maximum Gasteiger partial charge on any atom is 0.134 e. The molecule has 0 aliphatic rings. The zero-order valence-electron chi connectivity index (χ0n) is 10.8. The van der Waals surface area contributed by atoms with E-state index in [2.05, 4.69) is 61.4 Å². The lowest BCUT2D eigenvalue weighted by atomic mass is 9.95. The van der Waals surface area contributed by atoms with Gasteiger partial charge in [0.15, 0.2) is 0 Å². The molecule has 0 amide bonds. The maximum absolute atomic E-state index is 4.48. The van der Waals surface area contributed by atoms with Crippen molar-refractivity contribution in [3.8, 4) is 0 Å². The molecule has 17 heavy (non-hydrogen) atoms. The molecule has 0 aliphatic carbocycles. The molecule has 0 atom stereocenters. The Hall–Kier alpha value is -1.57. The number of pyridine rings is 1. The van der Waals surface area contributed by atoms with E-state index in [1.54, 1.807) is 0 Å². The number of aromatic nitrogens is 1. The molecule has 1 aromatic heterocycles. The Morgan fingerprint density at radius 3 is 2.53 bits per heavy atom. The molecule has 2 heteroatoms. The van der Waals surface area contributed by atoms with Gasteiger partial charge in [0.1, 0.15) is 5.82 Å². The predicted molar refractivity (Wildman–Crippen MR) is 74.4 cm³/mol. The smallest absolute Gasteiger partial charge is 0.134 e. The van der Waals surface area contributed by atoms with Gasteiger partial charge >= 0.3 is 0 Å². The quantitative estimate of drug-likeness (QED) is 0.847. The van der Waals surface area contributed by atoms with Gasteiger partial charge in [0.25, 0.3) is 0 Å². The minimum Gasteiger partial charge on any atom is -0.364 e. The molecule has 1 aromatic carbocycles. The first kappa shape index (κ1) is 11.9. The van der Waals surface area contributed by atoms with Gasteiger partial charge in [0.05, 0.1) is 0 Å². The minimum atomic E-state index is 0.122. The summed E-state index contributed by atoms with van der Waals surface area (Å²) in [5.41, 5.74) is 0.122. The molecule has 2 aromatic rings. The van der Waals surface area contributed by atoms with Crippen molar-refractivity contribution in [2.75, 3.05) is 5.32 Å². The molecule has 0 radical (unpaired) electrons. The van der Waals surface area contributed by atoms with Gasteiger partial charge in [-0.3, -0.25) is 0 Å². The van der Waals surface area contributed by atoms with Crippen LogP contribution in [0.1, 0.15) is 33.6 Å². The highest BCUT2D eigenvalue weighted by Crippen LogP contribution is 2.26. The Balaban J connectivity index is 2.42. The second-order valence-corrected chi connectivity index (χ2v) is 4.77. The normalized spacial score (nSPS) is 11.7. The van der Waals surface area contributed by atoms with E-state index < -0.39 is 0 Å². The van der Waals surface area contributed by atoms with Crippen LogP contribution < -0.4 is 5.32 Å². The first-order chi connectivity index (χ1) is 8.18. The van der Waals surface area contributed by atoms with E-state index in [0.29, 0.717) is 0 Å². The van der Waals surface area contributed by atoms with Crippen molar-refractivity contribution in [2.24, 2.45) is 0 Å². The van der Waals surface area contributed by atoms with Crippen molar-refractivity contribution in [3.05, 3.63) is 36.5 Å². The summed E-state index contributed by atoms with van der Waals surface area (Å²) in [4.78, 5) is 4.48. The van der Waals surface area contributed by atoms with E-state index in [1.165, 1.54) is 10.8 Å². The van der Waals surface area contributed by atoms with Gasteiger partial charge in [-0.2, -0.15) is 0 Å². The van der Waals surface area contributed by atoms with Gasteiger partial charge in [-0.1, -0.05) is 38.1 Å². The highest BCUT2D eigenvalue weighted by molar-refractivity contribution is 5.91. The first-order valence-electron chi connectivity index (χ1n) is 6.30. The molecule has 0 saturated carbocycles. The topological polar surface area (TPSA) is 24.9 Å². The van der Waals surface area contributed by atoms with Gasteiger partial charge in [0, 0.05) is 17.1 Å². The largest absolute Gasteiger partial charge is 0.364 e. The van der Waals surface area contributed by atoms with E-state index in [9.17, 15) is 0 Å². The summed E-state index contributed by atoms with van der Waals surface area (Å²) in [7, 11) is 0. The van der Waals surface area contributed by atoms with Crippen molar-refractivity contribution >= 4 is 16.6 Å². The number of hydrogen-bond acceptors (Lipinski definition) is 2. The van der Waals surface area contributed by atoms with Crippen molar-refractivity contribution in [3.63, 3.8) is 0 Å². The summed E-state index contributed by atoms with van der Waals surface area (Å²) in [5, 5.41) is 6.02. The van der Waals surface area contributed by atoms with Crippen LogP contribution >= 0.6 is 0 Å². The van der Waals surface area contributed by atoms with Crippen LogP contribution in [0.3, 0.4) is 0 Å². The molecule has 90 valence electrons. The van der Waals surface area contributed by atoms with Crippen LogP contribution in [0.15, 0.2) is 36.5 Å². The van der Waals surface area contributed by atoms with Gasteiger partial charge in [-0.05, 0) is 31.2 Å². The third-order valence-electron chi connectivity index (χ3n) is 3.65. The van der Waals surface area contributed by atoms with E-state index in [0.717, 1.165) is 18.7 Å². The van der Waals surface area contributed by atoms with Crippen molar-refractivity contribution in [1.29, 1.82) is 0 Å². The van der Waals surface area contributed by atoms with Gasteiger partial charge in [0.2, 0.25) is 0 Å². The lowest BCUT2D eigenvalue weighted by molar-refractivity contribution is 0.477. The second kappa shape index (κ2) is 4.74. The first-order valence-corrected chi connectivity index (χ1v) is 6.30. The molecule has 2 rings (SSSR count). The maximum atomic E-state index is 4.48. The molecule has 1 heterocycles. The lowest BCUT2D eigenvalue weighted by Gasteiger charge is -2.29. The highest BCUT2D eigenvalue weighted by atomic mass is 15.0. The number of anilines is 1. The van der Waals surface area contributed by atoms with Gasteiger partial charge < -0.3 is 5.32 Å². The van der Waals surface area contributed by atoms with Crippen LogP contribution in [0, 0.1) is 0 Å². The number of benzene rings is 1. The van der Waals surface area contributed by atoms with Crippen LogP contribution in [0.5, 0.6) is 0 Å². The fraction of sp³-hybridized carbons (Fsp3) is 0.400. The minimum absolute atomic E-state index is 0.122. The average Bonchev–Trinajstić information content (AvgIpc) is 2.39. The van der Waals surface area contributed by atoms with E-state index in [-0.39, 0.29) is 5.54 Å². The van der Waals surface area contributed by atoms with Crippen LogP contribution in [0.4, 0.5) is 5.82 Å².